The summed E-state index contributed by atoms with van der Waals surface area (Å²) in [6.07, 6.45) is 2.87. The molecule has 3 heterocycles. The maximum atomic E-state index is 12.7. The first-order chi connectivity index (χ1) is 16.4. The Morgan fingerprint density at radius 2 is 1.94 bits per heavy atom. The largest absolute Gasteiger partial charge is 0.468 e. The Hall–Kier alpha value is -3.95. The molecule has 0 unspecified atom stereocenters. The molecule has 5 rings (SSSR count). The van der Waals surface area contributed by atoms with Crippen LogP contribution in [0.2, 0.25) is 0 Å². The molecule has 4 aromatic rings. The van der Waals surface area contributed by atoms with Crippen LogP contribution in [-0.2, 0) is 16.9 Å². The Kier molecular flexibility index (Phi) is 5.43. The summed E-state index contributed by atoms with van der Waals surface area (Å²) in [7, 11) is 0. The summed E-state index contributed by atoms with van der Waals surface area (Å²) in [5.41, 5.74) is 2.98. The van der Waals surface area contributed by atoms with Gasteiger partial charge in [-0.15, -0.1) is 0 Å². The Morgan fingerprint density at radius 1 is 1.15 bits per heavy atom. The molecular weight excluding hydrogens is 447 g/mol. The van der Waals surface area contributed by atoms with Gasteiger partial charge in [-0.3, -0.25) is 14.5 Å². The summed E-state index contributed by atoms with van der Waals surface area (Å²) in [5, 5.41) is 8.33. The number of halogens is 3. The maximum absolute atomic E-state index is 12.7. The van der Waals surface area contributed by atoms with Crippen molar-refractivity contribution in [2.75, 3.05) is 6.61 Å². The lowest BCUT2D eigenvalue weighted by atomic mass is 10.1. The highest BCUT2D eigenvalue weighted by atomic mass is 19.4. The third-order valence-corrected chi connectivity index (χ3v) is 5.73. The van der Waals surface area contributed by atoms with Gasteiger partial charge in [-0.2, -0.15) is 18.3 Å². The lowest BCUT2D eigenvalue weighted by Crippen LogP contribution is -2.28. The fraction of sp³-hybridized carbons (Fsp3) is 0.250. The van der Waals surface area contributed by atoms with Crippen LogP contribution in [0.5, 0.6) is 5.88 Å². The van der Waals surface area contributed by atoms with Crippen LogP contribution in [0.3, 0.4) is 0 Å². The predicted molar refractivity (Wildman–Crippen MR) is 118 cm³/mol. The normalized spacial score (nSPS) is 14.7. The lowest BCUT2D eigenvalue weighted by Gasteiger charge is -2.14. The van der Waals surface area contributed by atoms with E-state index in [0.717, 1.165) is 35.0 Å². The Morgan fingerprint density at radius 3 is 2.65 bits per heavy atom. The molecule has 1 fully saturated rings. The number of nitrogens with zero attached hydrogens (tertiary/aromatic N) is 4. The molecule has 0 aliphatic heterocycles. The highest BCUT2D eigenvalue weighted by Crippen LogP contribution is 2.46. The van der Waals surface area contributed by atoms with Gasteiger partial charge in [0.25, 0.3) is 0 Å². The third-order valence-electron chi connectivity index (χ3n) is 5.73. The topological polar surface area (TPSA) is 81.9 Å². The summed E-state index contributed by atoms with van der Waals surface area (Å²) < 4.78 is 44.9. The molecule has 1 aliphatic carbocycles. The Balaban J connectivity index is 1.47. The van der Waals surface area contributed by atoms with Crippen molar-refractivity contribution < 1.29 is 22.7 Å². The van der Waals surface area contributed by atoms with Gasteiger partial charge in [0.2, 0.25) is 12.3 Å². The molecule has 0 atom stereocenters. The van der Waals surface area contributed by atoms with Crippen LogP contribution in [0.15, 0.2) is 61.1 Å². The van der Waals surface area contributed by atoms with E-state index < -0.39 is 18.3 Å². The number of fused-ring (bicyclic) bond motifs is 1. The number of amides is 1. The minimum absolute atomic E-state index is 0.0833. The molecule has 1 amide bonds. The van der Waals surface area contributed by atoms with E-state index in [1.54, 1.807) is 47.3 Å². The van der Waals surface area contributed by atoms with E-state index in [1.807, 2.05) is 12.3 Å². The van der Waals surface area contributed by atoms with Crippen LogP contribution in [-0.4, -0.2) is 38.9 Å². The van der Waals surface area contributed by atoms with Crippen molar-refractivity contribution in [2.24, 2.45) is 0 Å². The zero-order valence-electron chi connectivity index (χ0n) is 17.9. The number of pyridine rings is 2. The van der Waals surface area contributed by atoms with Crippen LogP contribution < -0.4 is 10.1 Å². The van der Waals surface area contributed by atoms with Crippen molar-refractivity contribution in [3.05, 3.63) is 72.3 Å². The van der Waals surface area contributed by atoms with Gasteiger partial charge >= 0.3 is 6.18 Å². The van der Waals surface area contributed by atoms with Gasteiger partial charge in [-0.25, -0.2) is 4.98 Å². The van der Waals surface area contributed by atoms with Crippen molar-refractivity contribution in [3.8, 4) is 17.0 Å². The Bertz CT molecular complexity index is 1330. The maximum Gasteiger partial charge on any atom is 0.422 e. The highest BCUT2D eigenvalue weighted by molar-refractivity contribution is 5.82. The van der Waals surface area contributed by atoms with Crippen LogP contribution in [0.4, 0.5) is 13.2 Å². The molecule has 1 aliphatic rings. The van der Waals surface area contributed by atoms with Gasteiger partial charge in [-0.1, -0.05) is 30.3 Å². The van der Waals surface area contributed by atoms with Crippen molar-refractivity contribution in [3.63, 3.8) is 0 Å². The van der Waals surface area contributed by atoms with E-state index in [0.29, 0.717) is 24.1 Å². The first kappa shape index (κ1) is 21.9. The van der Waals surface area contributed by atoms with E-state index >= 15 is 0 Å². The molecule has 0 bridgehead atoms. The molecule has 1 aromatic carbocycles. The number of ether oxygens (including phenoxy) is 1. The van der Waals surface area contributed by atoms with E-state index in [9.17, 15) is 18.0 Å². The number of nitrogens with one attached hydrogen (secondary N) is 1. The van der Waals surface area contributed by atoms with Gasteiger partial charge in [0.1, 0.15) is 0 Å². The summed E-state index contributed by atoms with van der Waals surface area (Å²) in [6.45, 7) is -1.08. The lowest BCUT2D eigenvalue weighted by molar-refractivity contribution is -0.154. The van der Waals surface area contributed by atoms with Crippen LogP contribution >= 0.6 is 0 Å². The number of hydrogen-bond donors (Lipinski definition) is 1. The number of benzene rings is 1. The first-order valence-corrected chi connectivity index (χ1v) is 10.6. The number of carbonyl (C=O) groups is 1. The zero-order chi connectivity index (χ0) is 23.8. The second-order valence-electron chi connectivity index (χ2n) is 8.23. The average molecular weight is 467 g/mol. The smallest absolute Gasteiger partial charge is 0.422 e. The van der Waals surface area contributed by atoms with Crippen molar-refractivity contribution >= 4 is 17.3 Å². The Labute approximate surface area is 192 Å². The van der Waals surface area contributed by atoms with Crippen LogP contribution in [0.1, 0.15) is 24.1 Å². The number of carbonyl (C=O) groups excluding carboxylic acids is 1. The molecule has 3 aromatic heterocycles. The SMILES string of the molecule is O=CNC1(c2nccc3nn(Cc4cnc(OCC(F)(F)F)c(-c5ccccc5)c4)cc23)CC1. The fourth-order valence-electron chi connectivity index (χ4n) is 4.00. The minimum atomic E-state index is -4.47. The molecule has 1 saturated carbocycles. The minimum Gasteiger partial charge on any atom is -0.468 e. The highest BCUT2D eigenvalue weighted by Gasteiger charge is 2.46. The van der Waals surface area contributed by atoms with Gasteiger partial charge in [0.05, 0.1) is 23.3 Å². The van der Waals surface area contributed by atoms with Crippen molar-refractivity contribution in [2.45, 2.75) is 31.1 Å². The second-order valence-corrected chi connectivity index (χ2v) is 8.23. The van der Waals surface area contributed by atoms with Crippen LogP contribution in [0.25, 0.3) is 22.0 Å². The molecule has 0 spiro atoms. The second kappa shape index (κ2) is 8.44. The van der Waals surface area contributed by atoms with Gasteiger partial charge < -0.3 is 10.1 Å². The van der Waals surface area contributed by atoms with Crippen LogP contribution in [0, 0.1) is 0 Å². The van der Waals surface area contributed by atoms with Gasteiger partial charge in [-0.05, 0) is 36.1 Å². The molecule has 34 heavy (non-hydrogen) atoms. The monoisotopic (exact) mass is 467 g/mol. The van der Waals surface area contributed by atoms with E-state index in [1.165, 1.54) is 6.20 Å². The molecule has 0 saturated heterocycles. The third kappa shape index (κ3) is 4.43. The summed E-state index contributed by atoms with van der Waals surface area (Å²) in [4.78, 5) is 19.7. The summed E-state index contributed by atoms with van der Waals surface area (Å²) in [5.74, 6) is -0.0833. The molecule has 0 radical (unpaired) electrons. The molecular formula is C24H20F3N5O2. The molecule has 174 valence electrons. The quantitative estimate of drug-likeness (QED) is 0.393. The predicted octanol–water partition coefficient (Wildman–Crippen LogP) is 4.22. The summed E-state index contributed by atoms with van der Waals surface area (Å²) in [6, 6.07) is 12.6. The number of alkyl halides is 3. The van der Waals surface area contributed by atoms with E-state index in [2.05, 4.69) is 20.4 Å². The molecule has 7 nitrogen and oxygen atoms in total. The molecule has 1 N–H and O–H groups in total. The number of rotatable bonds is 8. The van der Waals surface area contributed by atoms with E-state index in [4.69, 9.17) is 4.74 Å². The summed E-state index contributed by atoms with van der Waals surface area (Å²) >= 11 is 0. The standard InChI is InChI=1S/C24H20F3N5O2/c25-24(26,27)14-34-22-18(17-4-2-1-3-5-17)10-16(11-29-22)12-32-13-19-20(31-32)6-9-28-21(19)23(7-8-23)30-15-33/h1-6,9-11,13,15H,7-8,12,14H2,(H,30,33). The van der Waals surface area contributed by atoms with Crippen molar-refractivity contribution in [1.82, 2.24) is 25.1 Å². The van der Waals surface area contributed by atoms with E-state index in [-0.39, 0.29) is 5.88 Å². The zero-order valence-corrected chi connectivity index (χ0v) is 17.9. The van der Waals surface area contributed by atoms with Gasteiger partial charge in [0.15, 0.2) is 6.61 Å². The average Bonchev–Trinajstić information content (AvgIpc) is 3.48. The van der Waals surface area contributed by atoms with Crippen molar-refractivity contribution in [1.29, 1.82) is 0 Å². The fourth-order valence-corrected chi connectivity index (χ4v) is 4.00. The molecule has 10 heteroatoms. The van der Waals surface area contributed by atoms with Gasteiger partial charge in [0, 0.05) is 29.5 Å². The first-order valence-electron chi connectivity index (χ1n) is 10.6. The number of hydrogen-bond acceptors (Lipinski definition) is 5. The number of aromatic nitrogens is 4.